The van der Waals surface area contributed by atoms with Gasteiger partial charge in [-0.05, 0) is 32.6 Å². The van der Waals surface area contributed by atoms with Crippen LogP contribution in [-0.4, -0.2) is 38.5 Å². The number of nitrogens with zero attached hydrogens (tertiary/aromatic N) is 4. The fourth-order valence-corrected chi connectivity index (χ4v) is 2.61. The van der Waals surface area contributed by atoms with E-state index in [4.69, 9.17) is 11.6 Å². The zero-order valence-corrected chi connectivity index (χ0v) is 10.5. The second-order valence-electron chi connectivity index (χ2n) is 4.94. The molecule has 3 rings (SSSR count). The topological polar surface area (TPSA) is 62.1 Å². The molecule has 0 amide bonds. The summed E-state index contributed by atoms with van der Waals surface area (Å²) in [5.74, 6) is 0.592. The highest BCUT2D eigenvalue weighted by molar-refractivity contribution is 6.29. The van der Waals surface area contributed by atoms with Gasteiger partial charge in [-0.2, -0.15) is 0 Å². The number of rotatable bonds is 2. The average Bonchev–Trinajstić information content (AvgIpc) is 2.87. The Morgan fingerprint density at radius 1 is 1.41 bits per heavy atom. The van der Waals surface area contributed by atoms with E-state index in [1.807, 2.05) is 6.92 Å². The Balaban J connectivity index is 1.89. The van der Waals surface area contributed by atoms with Crippen LogP contribution in [0.25, 0.3) is 0 Å². The Kier molecular flexibility index (Phi) is 2.48. The van der Waals surface area contributed by atoms with Crippen LogP contribution in [0.5, 0.6) is 0 Å². The van der Waals surface area contributed by atoms with Crippen molar-refractivity contribution in [2.45, 2.75) is 44.2 Å². The molecule has 1 aliphatic carbocycles. The summed E-state index contributed by atoms with van der Waals surface area (Å²) in [6, 6.07) is 0.143. The van der Waals surface area contributed by atoms with Crippen LogP contribution in [0.1, 0.15) is 31.4 Å². The first-order valence-electron chi connectivity index (χ1n) is 5.96. The maximum Gasteiger partial charge on any atom is 0.246 e. The van der Waals surface area contributed by atoms with Gasteiger partial charge in [0.1, 0.15) is 0 Å². The van der Waals surface area contributed by atoms with Gasteiger partial charge >= 0.3 is 0 Å². The zero-order valence-electron chi connectivity index (χ0n) is 9.73. The molecule has 1 atom stereocenters. The summed E-state index contributed by atoms with van der Waals surface area (Å²) in [5, 5.41) is 18.5. The van der Waals surface area contributed by atoms with E-state index in [2.05, 4.69) is 20.1 Å². The molecule has 92 valence electrons. The number of anilines is 1. The number of aromatic nitrogens is 3. The fourth-order valence-electron chi connectivity index (χ4n) is 2.53. The zero-order chi connectivity index (χ0) is 12.0. The van der Waals surface area contributed by atoms with E-state index >= 15 is 0 Å². The highest BCUT2D eigenvalue weighted by Crippen LogP contribution is 2.45. The Morgan fingerprint density at radius 3 is 2.82 bits per heavy atom. The van der Waals surface area contributed by atoms with E-state index in [9.17, 15) is 5.11 Å². The lowest BCUT2D eigenvalue weighted by Gasteiger charge is -2.28. The number of hydrogen-bond donors (Lipinski definition) is 1. The Labute approximate surface area is 105 Å². The first-order chi connectivity index (χ1) is 8.10. The highest BCUT2D eigenvalue weighted by Gasteiger charge is 2.52. The standard InChI is InChI=1S/C11H15ClN4O/c1-7-9(12)14-15-10(13-7)16-6-2-3-8(16)11(17)4-5-11/h8,17H,2-6H2,1H3/t8-/m0/s1. The lowest BCUT2D eigenvalue weighted by molar-refractivity contribution is 0.120. The van der Waals surface area contributed by atoms with E-state index in [1.165, 1.54) is 0 Å². The molecular weight excluding hydrogens is 240 g/mol. The van der Waals surface area contributed by atoms with Crippen LogP contribution >= 0.6 is 11.6 Å². The van der Waals surface area contributed by atoms with Crippen molar-refractivity contribution in [3.05, 3.63) is 10.8 Å². The minimum Gasteiger partial charge on any atom is -0.388 e. The first-order valence-corrected chi connectivity index (χ1v) is 6.34. The molecule has 5 nitrogen and oxygen atoms in total. The van der Waals surface area contributed by atoms with Crippen LogP contribution in [-0.2, 0) is 0 Å². The van der Waals surface area contributed by atoms with Crippen LogP contribution in [0.4, 0.5) is 5.95 Å². The monoisotopic (exact) mass is 254 g/mol. The van der Waals surface area contributed by atoms with Crippen LogP contribution in [0.3, 0.4) is 0 Å². The second kappa shape index (κ2) is 3.78. The van der Waals surface area contributed by atoms with Gasteiger partial charge in [0.2, 0.25) is 5.95 Å². The molecule has 1 aromatic rings. The van der Waals surface area contributed by atoms with Gasteiger partial charge in [-0.3, -0.25) is 0 Å². The third kappa shape index (κ3) is 1.87. The lowest BCUT2D eigenvalue weighted by atomic mass is 10.1. The maximum atomic E-state index is 10.2. The quantitative estimate of drug-likeness (QED) is 0.863. The van der Waals surface area contributed by atoms with Crippen LogP contribution in [0.15, 0.2) is 0 Å². The Bertz CT molecular complexity index is 449. The fraction of sp³-hybridized carbons (Fsp3) is 0.727. The number of aryl methyl sites for hydroxylation is 1. The van der Waals surface area contributed by atoms with Crippen LogP contribution < -0.4 is 4.90 Å². The summed E-state index contributed by atoms with van der Waals surface area (Å²) in [6.07, 6.45) is 3.84. The Morgan fingerprint density at radius 2 is 2.18 bits per heavy atom. The lowest BCUT2D eigenvalue weighted by Crippen LogP contribution is -2.41. The molecule has 0 bridgehead atoms. The molecule has 2 heterocycles. The van der Waals surface area contributed by atoms with Crippen molar-refractivity contribution < 1.29 is 5.11 Å². The molecule has 1 aromatic heterocycles. The van der Waals surface area contributed by atoms with E-state index in [0.29, 0.717) is 16.8 Å². The van der Waals surface area contributed by atoms with Gasteiger partial charge in [0, 0.05) is 6.54 Å². The smallest absolute Gasteiger partial charge is 0.246 e. The van der Waals surface area contributed by atoms with Crippen LogP contribution in [0, 0.1) is 6.92 Å². The van der Waals surface area contributed by atoms with Crippen molar-refractivity contribution in [3.8, 4) is 0 Å². The normalized spacial score (nSPS) is 26.3. The summed E-state index contributed by atoms with van der Waals surface area (Å²) in [5.41, 5.74) is 0.165. The van der Waals surface area contributed by atoms with E-state index in [0.717, 1.165) is 32.2 Å². The van der Waals surface area contributed by atoms with Gasteiger partial charge in [0.15, 0.2) is 5.15 Å². The van der Waals surface area contributed by atoms with Crippen molar-refractivity contribution in [2.75, 3.05) is 11.4 Å². The summed E-state index contributed by atoms with van der Waals surface area (Å²) in [6.45, 7) is 2.70. The van der Waals surface area contributed by atoms with Crippen molar-refractivity contribution >= 4 is 17.5 Å². The van der Waals surface area contributed by atoms with Gasteiger partial charge in [-0.15, -0.1) is 10.2 Å². The second-order valence-corrected chi connectivity index (χ2v) is 5.30. The Hall–Kier alpha value is -0.940. The summed E-state index contributed by atoms with van der Waals surface area (Å²) < 4.78 is 0. The predicted molar refractivity (Wildman–Crippen MR) is 64.1 cm³/mol. The molecule has 2 aliphatic rings. The van der Waals surface area contributed by atoms with Crippen molar-refractivity contribution in [3.63, 3.8) is 0 Å². The molecular formula is C11H15ClN4O. The molecule has 1 aliphatic heterocycles. The SMILES string of the molecule is Cc1nc(N2CCC[C@H]2C2(O)CC2)nnc1Cl. The molecule has 2 fully saturated rings. The molecule has 1 saturated heterocycles. The summed E-state index contributed by atoms with van der Waals surface area (Å²) in [4.78, 5) is 6.43. The van der Waals surface area contributed by atoms with Crippen molar-refractivity contribution in [1.82, 2.24) is 15.2 Å². The molecule has 17 heavy (non-hydrogen) atoms. The van der Waals surface area contributed by atoms with Gasteiger partial charge < -0.3 is 10.0 Å². The molecule has 6 heteroatoms. The molecule has 0 spiro atoms. The maximum absolute atomic E-state index is 10.2. The van der Waals surface area contributed by atoms with Crippen LogP contribution in [0.2, 0.25) is 5.15 Å². The highest BCUT2D eigenvalue weighted by atomic mass is 35.5. The molecule has 1 saturated carbocycles. The van der Waals surface area contributed by atoms with Crippen molar-refractivity contribution in [2.24, 2.45) is 0 Å². The number of halogens is 1. The molecule has 0 radical (unpaired) electrons. The number of aliphatic hydroxyl groups is 1. The minimum atomic E-state index is -0.520. The van der Waals surface area contributed by atoms with E-state index in [-0.39, 0.29) is 6.04 Å². The van der Waals surface area contributed by atoms with Gasteiger partial charge in [-0.1, -0.05) is 11.6 Å². The summed E-state index contributed by atoms with van der Waals surface area (Å²) in [7, 11) is 0. The van der Waals surface area contributed by atoms with Gasteiger partial charge in [0.25, 0.3) is 0 Å². The molecule has 1 N–H and O–H groups in total. The predicted octanol–water partition coefficient (Wildman–Crippen LogP) is 1.33. The largest absolute Gasteiger partial charge is 0.388 e. The third-order valence-corrected chi connectivity index (χ3v) is 4.03. The van der Waals surface area contributed by atoms with E-state index in [1.54, 1.807) is 0 Å². The number of hydrogen-bond acceptors (Lipinski definition) is 5. The first kappa shape index (κ1) is 11.2. The molecule has 0 aromatic carbocycles. The molecule has 0 unspecified atom stereocenters. The van der Waals surface area contributed by atoms with Gasteiger partial charge in [0.05, 0.1) is 17.3 Å². The average molecular weight is 255 g/mol. The third-order valence-electron chi connectivity index (χ3n) is 3.69. The minimum absolute atomic E-state index is 0.143. The van der Waals surface area contributed by atoms with Crippen molar-refractivity contribution in [1.29, 1.82) is 0 Å². The van der Waals surface area contributed by atoms with Gasteiger partial charge in [-0.25, -0.2) is 4.98 Å². The van der Waals surface area contributed by atoms with E-state index < -0.39 is 5.60 Å². The summed E-state index contributed by atoms with van der Waals surface area (Å²) >= 11 is 5.82.